The van der Waals surface area contributed by atoms with E-state index in [0.717, 1.165) is 37.5 Å². The monoisotopic (exact) mass is 493 g/mol. The topological polar surface area (TPSA) is 75.1 Å². The van der Waals surface area contributed by atoms with Gasteiger partial charge in [-0.2, -0.15) is 0 Å². The van der Waals surface area contributed by atoms with Crippen molar-refractivity contribution < 1.29 is 14.6 Å². The summed E-state index contributed by atoms with van der Waals surface area (Å²) < 4.78 is 11.0. The molecule has 0 saturated heterocycles. The highest BCUT2D eigenvalue weighted by Gasteiger charge is 2.25. The molecule has 0 unspecified atom stereocenters. The van der Waals surface area contributed by atoms with Gasteiger partial charge in [-0.3, -0.25) is 4.99 Å². The summed E-state index contributed by atoms with van der Waals surface area (Å²) in [5, 5.41) is 16.0. The Hall–Kier alpha value is -1.22. The van der Waals surface area contributed by atoms with E-state index in [-0.39, 0.29) is 36.0 Å². The number of nitrogens with zero attached hydrogens (tertiary/aromatic N) is 1. The maximum atomic E-state index is 9.39. The Morgan fingerprint density at radius 3 is 2.37 bits per heavy atom. The van der Waals surface area contributed by atoms with E-state index in [1.165, 1.54) is 0 Å². The number of anilines is 1. The summed E-state index contributed by atoms with van der Waals surface area (Å²) in [6.45, 7) is 10.5. The number of aliphatic hydroxyl groups excluding tert-OH is 1. The fraction of sp³-hybridized carbons (Fsp3) is 0.650. The van der Waals surface area contributed by atoms with Gasteiger partial charge < -0.3 is 25.2 Å². The minimum Gasteiger partial charge on any atom is -0.493 e. The summed E-state index contributed by atoms with van der Waals surface area (Å²) in [5.74, 6) is 2.13. The van der Waals surface area contributed by atoms with Crippen LogP contribution in [0, 0.1) is 5.41 Å². The molecule has 0 fully saturated rings. The zero-order valence-corrected chi connectivity index (χ0v) is 19.6. The molecule has 1 aromatic rings. The van der Waals surface area contributed by atoms with Crippen molar-refractivity contribution in [1.29, 1.82) is 0 Å². The number of aliphatic imine (C=N–C) groups is 1. The molecule has 0 radical (unpaired) electrons. The van der Waals surface area contributed by atoms with E-state index in [2.05, 4.69) is 24.5 Å². The molecule has 0 saturated carbocycles. The summed E-state index contributed by atoms with van der Waals surface area (Å²) >= 11 is 0. The van der Waals surface area contributed by atoms with Gasteiger partial charge in [0.2, 0.25) is 0 Å². The van der Waals surface area contributed by atoms with Crippen molar-refractivity contribution >= 4 is 35.6 Å². The Labute approximate surface area is 181 Å². The van der Waals surface area contributed by atoms with E-state index in [9.17, 15) is 5.11 Å². The Kier molecular flexibility index (Phi) is 13.2. The number of methoxy groups -OCH3 is 1. The van der Waals surface area contributed by atoms with Gasteiger partial charge in [0.15, 0.2) is 17.5 Å². The van der Waals surface area contributed by atoms with Crippen LogP contribution in [0.2, 0.25) is 0 Å². The van der Waals surface area contributed by atoms with Crippen LogP contribution in [0.25, 0.3) is 0 Å². The molecule has 6 nitrogen and oxygen atoms in total. The molecular formula is C20H36IN3O3. The highest BCUT2D eigenvalue weighted by Crippen LogP contribution is 2.31. The standard InChI is InChI=1S/C20H35N3O3.HI/c1-6-20(7-2,12-13-24)15-22-19(21-8-3)23-16-10-11-17(25-5)18(14-16)26-9-4;/h10-11,14,24H,6-9,12-13,15H2,1-5H3,(H2,21,22,23);1H. The summed E-state index contributed by atoms with van der Waals surface area (Å²) in [6, 6.07) is 5.73. The zero-order valence-electron chi connectivity index (χ0n) is 17.3. The van der Waals surface area contributed by atoms with Gasteiger partial charge in [0.1, 0.15) is 0 Å². The van der Waals surface area contributed by atoms with Gasteiger partial charge in [-0.15, -0.1) is 24.0 Å². The first kappa shape index (κ1) is 25.8. The predicted octanol–water partition coefficient (Wildman–Crippen LogP) is 4.28. The van der Waals surface area contributed by atoms with Crippen molar-refractivity contribution in [2.45, 2.75) is 47.0 Å². The Balaban J connectivity index is 0.00000676. The third-order valence-electron chi connectivity index (χ3n) is 4.79. The number of rotatable bonds is 11. The molecule has 0 aliphatic heterocycles. The van der Waals surface area contributed by atoms with Crippen LogP contribution in [0.15, 0.2) is 23.2 Å². The number of aliphatic hydroxyl groups is 1. The average Bonchev–Trinajstić information content (AvgIpc) is 2.66. The molecule has 1 rings (SSSR count). The number of nitrogens with one attached hydrogen (secondary N) is 2. The van der Waals surface area contributed by atoms with E-state index < -0.39 is 0 Å². The number of halogens is 1. The van der Waals surface area contributed by atoms with E-state index in [1.807, 2.05) is 32.0 Å². The highest BCUT2D eigenvalue weighted by atomic mass is 127. The second-order valence-electron chi connectivity index (χ2n) is 6.30. The normalized spacial score (nSPS) is 11.6. The van der Waals surface area contributed by atoms with Crippen molar-refractivity contribution in [2.75, 3.05) is 38.7 Å². The smallest absolute Gasteiger partial charge is 0.195 e. The molecule has 0 aliphatic carbocycles. The fourth-order valence-electron chi connectivity index (χ4n) is 2.86. The van der Waals surface area contributed by atoms with Gasteiger partial charge in [-0.25, -0.2) is 0 Å². The van der Waals surface area contributed by atoms with Gasteiger partial charge in [-0.05, 0) is 50.7 Å². The molecule has 0 atom stereocenters. The van der Waals surface area contributed by atoms with Crippen molar-refractivity contribution in [3.05, 3.63) is 18.2 Å². The third kappa shape index (κ3) is 8.13. The van der Waals surface area contributed by atoms with E-state index in [0.29, 0.717) is 24.7 Å². The molecule has 0 aliphatic rings. The van der Waals surface area contributed by atoms with Crippen LogP contribution >= 0.6 is 24.0 Å². The van der Waals surface area contributed by atoms with Crippen LogP contribution in [0.3, 0.4) is 0 Å². The molecule has 1 aromatic carbocycles. The minimum absolute atomic E-state index is 0. The molecule has 156 valence electrons. The van der Waals surface area contributed by atoms with Crippen LogP contribution in [0.1, 0.15) is 47.0 Å². The molecular weight excluding hydrogens is 457 g/mol. The fourth-order valence-corrected chi connectivity index (χ4v) is 2.86. The van der Waals surface area contributed by atoms with Crippen LogP contribution in [-0.4, -0.2) is 44.5 Å². The maximum Gasteiger partial charge on any atom is 0.195 e. The Morgan fingerprint density at radius 1 is 1.15 bits per heavy atom. The predicted molar refractivity (Wildman–Crippen MR) is 124 cm³/mol. The summed E-state index contributed by atoms with van der Waals surface area (Å²) in [5.41, 5.74) is 0.919. The third-order valence-corrected chi connectivity index (χ3v) is 4.79. The first-order valence-electron chi connectivity index (χ1n) is 9.55. The second-order valence-corrected chi connectivity index (χ2v) is 6.30. The lowest BCUT2D eigenvalue weighted by Gasteiger charge is -2.29. The number of ether oxygens (including phenoxy) is 2. The lowest BCUT2D eigenvalue weighted by atomic mass is 9.79. The summed E-state index contributed by atoms with van der Waals surface area (Å²) in [7, 11) is 1.63. The average molecular weight is 493 g/mol. The van der Waals surface area contributed by atoms with E-state index >= 15 is 0 Å². The van der Waals surface area contributed by atoms with Gasteiger partial charge in [0.25, 0.3) is 0 Å². The highest BCUT2D eigenvalue weighted by molar-refractivity contribution is 14.0. The first-order valence-corrected chi connectivity index (χ1v) is 9.55. The molecule has 27 heavy (non-hydrogen) atoms. The van der Waals surface area contributed by atoms with Crippen LogP contribution in [0.5, 0.6) is 11.5 Å². The molecule has 3 N–H and O–H groups in total. The summed E-state index contributed by atoms with van der Waals surface area (Å²) in [4.78, 5) is 4.77. The molecule has 0 spiro atoms. The van der Waals surface area contributed by atoms with Crippen LogP contribution in [-0.2, 0) is 0 Å². The number of guanidine groups is 1. The lowest BCUT2D eigenvalue weighted by molar-refractivity contribution is 0.175. The zero-order chi connectivity index (χ0) is 19.4. The van der Waals surface area contributed by atoms with Gasteiger partial charge in [-0.1, -0.05) is 13.8 Å². The molecule has 0 amide bonds. The van der Waals surface area contributed by atoms with Gasteiger partial charge in [0, 0.05) is 31.5 Å². The Morgan fingerprint density at radius 2 is 1.85 bits per heavy atom. The van der Waals surface area contributed by atoms with Crippen molar-refractivity contribution in [2.24, 2.45) is 10.4 Å². The lowest BCUT2D eigenvalue weighted by Crippen LogP contribution is -2.33. The maximum absolute atomic E-state index is 9.39. The van der Waals surface area contributed by atoms with Crippen molar-refractivity contribution in [3.8, 4) is 11.5 Å². The van der Waals surface area contributed by atoms with Gasteiger partial charge >= 0.3 is 0 Å². The number of hydrogen-bond acceptors (Lipinski definition) is 4. The quantitative estimate of drug-likeness (QED) is 0.244. The second kappa shape index (κ2) is 13.9. The van der Waals surface area contributed by atoms with Crippen molar-refractivity contribution in [1.82, 2.24) is 5.32 Å². The largest absolute Gasteiger partial charge is 0.493 e. The van der Waals surface area contributed by atoms with Gasteiger partial charge in [0.05, 0.1) is 13.7 Å². The molecule has 0 aromatic heterocycles. The van der Waals surface area contributed by atoms with E-state index in [4.69, 9.17) is 14.5 Å². The molecule has 0 heterocycles. The summed E-state index contributed by atoms with van der Waals surface area (Å²) in [6.07, 6.45) is 2.74. The van der Waals surface area contributed by atoms with Crippen LogP contribution < -0.4 is 20.1 Å². The SMILES string of the molecule is CCNC(=NCC(CC)(CC)CCO)Nc1ccc(OC)c(OCC)c1.I. The van der Waals surface area contributed by atoms with Crippen LogP contribution in [0.4, 0.5) is 5.69 Å². The minimum atomic E-state index is 0. The van der Waals surface area contributed by atoms with E-state index in [1.54, 1.807) is 7.11 Å². The first-order chi connectivity index (χ1) is 12.6. The number of hydrogen-bond donors (Lipinski definition) is 3. The molecule has 7 heteroatoms. The molecule has 0 bridgehead atoms. The number of benzene rings is 1. The van der Waals surface area contributed by atoms with Crippen molar-refractivity contribution in [3.63, 3.8) is 0 Å². The Bertz CT molecular complexity index is 563.